The number of nitrogens with zero attached hydrogens (tertiary/aromatic N) is 3. The quantitative estimate of drug-likeness (QED) is 0.801. The fourth-order valence-corrected chi connectivity index (χ4v) is 4.22. The van der Waals surface area contributed by atoms with Crippen LogP contribution in [0.1, 0.15) is 35.6 Å². The number of hydrogen-bond donors (Lipinski definition) is 2. The molecule has 4 rings (SSSR count). The number of amides is 1. The third-order valence-corrected chi connectivity index (χ3v) is 5.86. The van der Waals surface area contributed by atoms with E-state index in [9.17, 15) is 4.79 Å². The molecule has 1 atom stereocenters. The van der Waals surface area contributed by atoms with Crippen LogP contribution in [0.15, 0.2) is 42.6 Å². The zero-order chi connectivity index (χ0) is 19.3. The Morgan fingerprint density at radius 1 is 1.18 bits per heavy atom. The Hall–Kier alpha value is -2.44. The minimum atomic E-state index is 0.146. The van der Waals surface area contributed by atoms with Crippen LogP contribution in [0, 0.1) is 0 Å². The molecule has 1 saturated heterocycles. The lowest BCUT2D eigenvalue weighted by molar-refractivity contribution is -0.122. The molecule has 2 aliphatic rings. The maximum atomic E-state index is 12.5. The number of piperazine rings is 1. The number of aryl methyl sites for hydroxylation is 1. The van der Waals surface area contributed by atoms with Gasteiger partial charge < -0.3 is 16.0 Å². The van der Waals surface area contributed by atoms with Gasteiger partial charge in [0.05, 0.1) is 6.04 Å². The zero-order valence-electron chi connectivity index (χ0n) is 16.3. The predicted octanol–water partition coefficient (Wildman–Crippen LogP) is 1.86. The summed E-state index contributed by atoms with van der Waals surface area (Å²) in [4.78, 5) is 21.6. The van der Waals surface area contributed by atoms with E-state index in [1.165, 1.54) is 11.1 Å². The number of anilines is 1. The molecule has 2 heterocycles. The van der Waals surface area contributed by atoms with E-state index in [1.54, 1.807) is 0 Å². The van der Waals surface area contributed by atoms with Gasteiger partial charge in [0.25, 0.3) is 0 Å². The Balaban J connectivity index is 1.22. The van der Waals surface area contributed by atoms with Crippen molar-refractivity contribution in [1.29, 1.82) is 0 Å². The second-order valence-corrected chi connectivity index (χ2v) is 7.66. The number of fused-ring (bicyclic) bond motifs is 1. The van der Waals surface area contributed by atoms with E-state index in [0.29, 0.717) is 13.0 Å². The Morgan fingerprint density at radius 2 is 2.04 bits per heavy atom. The number of pyridine rings is 1. The maximum absolute atomic E-state index is 12.5. The molecule has 1 aliphatic carbocycles. The molecule has 1 fully saturated rings. The van der Waals surface area contributed by atoms with Crippen molar-refractivity contribution in [3.05, 3.63) is 59.3 Å². The molecule has 0 bridgehead atoms. The number of carbonyl (C=O) groups excluding carboxylic acids is 1. The second kappa shape index (κ2) is 8.71. The Bertz CT molecular complexity index is 802. The van der Waals surface area contributed by atoms with Gasteiger partial charge in [-0.2, -0.15) is 0 Å². The summed E-state index contributed by atoms with van der Waals surface area (Å²) in [7, 11) is 0. The van der Waals surface area contributed by atoms with Crippen LogP contribution < -0.4 is 16.0 Å². The summed E-state index contributed by atoms with van der Waals surface area (Å²) < 4.78 is 0. The number of rotatable bonds is 6. The van der Waals surface area contributed by atoms with E-state index in [4.69, 9.17) is 5.73 Å². The van der Waals surface area contributed by atoms with Gasteiger partial charge >= 0.3 is 0 Å². The first-order valence-corrected chi connectivity index (χ1v) is 10.2. The van der Waals surface area contributed by atoms with Crippen LogP contribution in [-0.2, 0) is 17.8 Å². The summed E-state index contributed by atoms with van der Waals surface area (Å²) in [6.07, 6.45) is 4.39. The standard InChI is InChI=1S/C22H29N5O/c23-16-17-4-6-19-18(15-17)5-7-20(19)25-22(28)8-10-26-11-13-27(14-12-26)21-3-1-2-9-24-21/h1-4,6,9,15,20H,5,7-8,10-14,16,23H2,(H,25,28). The van der Waals surface area contributed by atoms with Gasteiger partial charge in [-0.15, -0.1) is 0 Å². The molecule has 1 aromatic carbocycles. The van der Waals surface area contributed by atoms with E-state index < -0.39 is 0 Å². The Kier molecular flexibility index (Phi) is 5.88. The lowest BCUT2D eigenvalue weighted by Crippen LogP contribution is -2.47. The minimum Gasteiger partial charge on any atom is -0.354 e. The Morgan fingerprint density at radius 3 is 2.79 bits per heavy atom. The van der Waals surface area contributed by atoms with Crippen LogP contribution in [0.2, 0.25) is 0 Å². The zero-order valence-corrected chi connectivity index (χ0v) is 16.3. The summed E-state index contributed by atoms with van der Waals surface area (Å²) in [5.74, 6) is 1.19. The summed E-state index contributed by atoms with van der Waals surface area (Å²) in [6, 6.07) is 12.6. The molecule has 0 spiro atoms. The Labute approximate surface area is 166 Å². The highest BCUT2D eigenvalue weighted by Crippen LogP contribution is 2.31. The minimum absolute atomic E-state index is 0.146. The maximum Gasteiger partial charge on any atom is 0.221 e. The molecular formula is C22H29N5O. The van der Waals surface area contributed by atoms with Crippen molar-refractivity contribution in [1.82, 2.24) is 15.2 Å². The molecule has 0 radical (unpaired) electrons. The molecule has 28 heavy (non-hydrogen) atoms. The smallest absolute Gasteiger partial charge is 0.221 e. The molecule has 2 aromatic rings. The SMILES string of the molecule is NCc1ccc2c(c1)CCC2NC(=O)CCN1CCN(c2ccccn2)CC1. The van der Waals surface area contributed by atoms with Crippen LogP contribution in [0.5, 0.6) is 0 Å². The number of hydrogen-bond acceptors (Lipinski definition) is 5. The van der Waals surface area contributed by atoms with Gasteiger partial charge in [0.15, 0.2) is 0 Å². The first kappa shape index (κ1) is 18.9. The fraction of sp³-hybridized carbons (Fsp3) is 0.455. The van der Waals surface area contributed by atoms with Gasteiger partial charge in [-0.25, -0.2) is 4.98 Å². The lowest BCUT2D eigenvalue weighted by Gasteiger charge is -2.35. The lowest BCUT2D eigenvalue weighted by atomic mass is 10.0. The summed E-state index contributed by atoms with van der Waals surface area (Å²) in [5, 5.41) is 3.23. The van der Waals surface area contributed by atoms with Crippen molar-refractivity contribution in [2.24, 2.45) is 5.73 Å². The summed E-state index contributed by atoms with van der Waals surface area (Å²) in [6.45, 7) is 5.23. The van der Waals surface area contributed by atoms with Crippen LogP contribution >= 0.6 is 0 Å². The second-order valence-electron chi connectivity index (χ2n) is 7.66. The molecule has 3 N–H and O–H groups in total. The van der Waals surface area contributed by atoms with E-state index in [1.807, 2.05) is 18.3 Å². The number of benzene rings is 1. The van der Waals surface area contributed by atoms with E-state index >= 15 is 0 Å². The molecule has 148 valence electrons. The third-order valence-electron chi connectivity index (χ3n) is 5.86. The highest BCUT2D eigenvalue weighted by Gasteiger charge is 2.24. The number of nitrogens with two attached hydrogens (primary N) is 1. The van der Waals surface area contributed by atoms with Crippen molar-refractivity contribution < 1.29 is 4.79 Å². The topological polar surface area (TPSA) is 74.5 Å². The van der Waals surface area contributed by atoms with Gasteiger partial charge in [-0.1, -0.05) is 24.3 Å². The summed E-state index contributed by atoms with van der Waals surface area (Å²) in [5.41, 5.74) is 9.48. The van der Waals surface area contributed by atoms with Crippen molar-refractivity contribution in [2.75, 3.05) is 37.6 Å². The normalized spacial score (nSPS) is 19.5. The molecule has 1 aromatic heterocycles. The first-order valence-electron chi connectivity index (χ1n) is 10.2. The average Bonchev–Trinajstić information content (AvgIpc) is 3.15. The van der Waals surface area contributed by atoms with Gasteiger partial charge in [0, 0.05) is 51.9 Å². The molecule has 1 unspecified atom stereocenters. The van der Waals surface area contributed by atoms with Crippen molar-refractivity contribution in [3.63, 3.8) is 0 Å². The van der Waals surface area contributed by atoms with E-state index in [0.717, 1.165) is 56.9 Å². The molecule has 6 nitrogen and oxygen atoms in total. The van der Waals surface area contributed by atoms with Gasteiger partial charge in [-0.05, 0) is 41.7 Å². The van der Waals surface area contributed by atoms with Gasteiger partial charge in [0.1, 0.15) is 5.82 Å². The van der Waals surface area contributed by atoms with Crippen LogP contribution in [0.25, 0.3) is 0 Å². The highest BCUT2D eigenvalue weighted by atomic mass is 16.1. The summed E-state index contributed by atoms with van der Waals surface area (Å²) >= 11 is 0. The molecule has 1 amide bonds. The van der Waals surface area contributed by atoms with Gasteiger partial charge in [0.2, 0.25) is 5.91 Å². The fourth-order valence-electron chi connectivity index (χ4n) is 4.22. The highest BCUT2D eigenvalue weighted by molar-refractivity contribution is 5.76. The van der Waals surface area contributed by atoms with Gasteiger partial charge in [-0.3, -0.25) is 9.69 Å². The molecule has 1 aliphatic heterocycles. The van der Waals surface area contributed by atoms with Crippen molar-refractivity contribution >= 4 is 11.7 Å². The van der Waals surface area contributed by atoms with E-state index in [2.05, 4.69) is 44.4 Å². The van der Waals surface area contributed by atoms with Crippen LogP contribution in [0.3, 0.4) is 0 Å². The number of carbonyl (C=O) groups is 1. The number of nitrogens with one attached hydrogen (secondary N) is 1. The van der Waals surface area contributed by atoms with Crippen molar-refractivity contribution in [2.45, 2.75) is 31.8 Å². The van der Waals surface area contributed by atoms with E-state index in [-0.39, 0.29) is 11.9 Å². The largest absolute Gasteiger partial charge is 0.354 e. The van der Waals surface area contributed by atoms with Crippen molar-refractivity contribution in [3.8, 4) is 0 Å². The van der Waals surface area contributed by atoms with Crippen LogP contribution in [0.4, 0.5) is 5.82 Å². The monoisotopic (exact) mass is 379 g/mol. The number of aromatic nitrogens is 1. The molecule has 0 saturated carbocycles. The average molecular weight is 380 g/mol. The first-order chi connectivity index (χ1) is 13.7. The van der Waals surface area contributed by atoms with Crippen LogP contribution in [-0.4, -0.2) is 48.5 Å². The molecular weight excluding hydrogens is 350 g/mol. The third kappa shape index (κ3) is 4.34. The predicted molar refractivity (Wildman–Crippen MR) is 111 cm³/mol. The molecule has 6 heteroatoms.